The van der Waals surface area contributed by atoms with Crippen LogP contribution in [0.15, 0.2) is 12.3 Å². The van der Waals surface area contributed by atoms with Gasteiger partial charge in [-0.2, -0.15) is 0 Å². The Morgan fingerprint density at radius 1 is 1.41 bits per heavy atom. The summed E-state index contributed by atoms with van der Waals surface area (Å²) in [7, 11) is 1.65. The van der Waals surface area contributed by atoms with E-state index in [1.807, 2.05) is 19.2 Å². The van der Waals surface area contributed by atoms with Crippen LogP contribution in [-0.2, 0) is 9.47 Å². The summed E-state index contributed by atoms with van der Waals surface area (Å²) >= 11 is 0. The van der Waals surface area contributed by atoms with Crippen molar-refractivity contribution in [3.05, 3.63) is 18.0 Å². The monoisotopic (exact) mass is 237 g/mol. The van der Waals surface area contributed by atoms with Crippen LogP contribution in [0.5, 0.6) is 0 Å². The molecule has 1 aromatic heterocycles. The Labute approximate surface area is 102 Å². The third kappa shape index (κ3) is 3.38. The van der Waals surface area contributed by atoms with Gasteiger partial charge in [0, 0.05) is 32.1 Å². The number of rotatable bonds is 4. The molecular weight excluding hydrogens is 218 g/mol. The van der Waals surface area contributed by atoms with Crippen molar-refractivity contribution in [1.82, 2.24) is 9.97 Å². The Morgan fingerprint density at radius 2 is 2.18 bits per heavy atom. The molecule has 0 radical (unpaired) electrons. The van der Waals surface area contributed by atoms with Gasteiger partial charge in [-0.15, -0.1) is 0 Å². The molecule has 5 heteroatoms. The van der Waals surface area contributed by atoms with E-state index in [9.17, 15) is 0 Å². The maximum Gasteiger partial charge on any atom is 0.225 e. The number of piperidine rings is 1. The maximum atomic E-state index is 5.55. The lowest BCUT2D eigenvalue weighted by molar-refractivity contribution is -0.0781. The van der Waals surface area contributed by atoms with Gasteiger partial charge in [0.1, 0.15) is 6.79 Å². The highest BCUT2D eigenvalue weighted by atomic mass is 16.7. The molecule has 2 rings (SSSR count). The van der Waals surface area contributed by atoms with Crippen molar-refractivity contribution < 1.29 is 9.47 Å². The van der Waals surface area contributed by atoms with E-state index in [4.69, 9.17) is 9.47 Å². The molecule has 0 aliphatic carbocycles. The molecule has 0 amide bonds. The van der Waals surface area contributed by atoms with E-state index in [0.29, 0.717) is 12.9 Å². The first-order chi connectivity index (χ1) is 8.29. The Morgan fingerprint density at radius 3 is 2.82 bits per heavy atom. The highest BCUT2D eigenvalue weighted by Crippen LogP contribution is 2.17. The number of hydrogen-bond donors (Lipinski definition) is 0. The van der Waals surface area contributed by atoms with E-state index in [0.717, 1.165) is 37.6 Å². The molecule has 0 atom stereocenters. The zero-order valence-corrected chi connectivity index (χ0v) is 10.4. The fourth-order valence-corrected chi connectivity index (χ4v) is 1.97. The summed E-state index contributed by atoms with van der Waals surface area (Å²) < 4.78 is 10.5. The molecule has 1 aliphatic heterocycles. The Bertz CT molecular complexity index is 351. The van der Waals surface area contributed by atoms with Gasteiger partial charge in [0.25, 0.3) is 0 Å². The molecule has 0 aromatic carbocycles. The van der Waals surface area contributed by atoms with Crippen LogP contribution < -0.4 is 4.90 Å². The van der Waals surface area contributed by atoms with E-state index in [1.165, 1.54) is 0 Å². The first-order valence-corrected chi connectivity index (χ1v) is 5.94. The highest BCUT2D eigenvalue weighted by molar-refractivity contribution is 5.30. The highest BCUT2D eigenvalue weighted by Gasteiger charge is 2.21. The van der Waals surface area contributed by atoms with Gasteiger partial charge in [-0.1, -0.05) is 0 Å². The summed E-state index contributed by atoms with van der Waals surface area (Å²) in [6.45, 7) is 4.25. The van der Waals surface area contributed by atoms with E-state index < -0.39 is 0 Å². The van der Waals surface area contributed by atoms with Crippen LogP contribution in [0, 0.1) is 6.92 Å². The quantitative estimate of drug-likeness (QED) is 0.740. The van der Waals surface area contributed by atoms with Gasteiger partial charge in [-0.3, -0.25) is 0 Å². The molecule has 0 spiro atoms. The minimum atomic E-state index is 0.302. The van der Waals surface area contributed by atoms with Gasteiger partial charge in [0.2, 0.25) is 5.95 Å². The predicted molar refractivity (Wildman–Crippen MR) is 65.0 cm³/mol. The van der Waals surface area contributed by atoms with E-state index in [2.05, 4.69) is 14.9 Å². The van der Waals surface area contributed by atoms with Gasteiger partial charge in [-0.05, 0) is 25.8 Å². The summed E-state index contributed by atoms with van der Waals surface area (Å²) in [6, 6.07) is 1.91. The number of aromatic nitrogens is 2. The number of aryl methyl sites for hydroxylation is 1. The molecule has 17 heavy (non-hydrogen) atoms. The number of ether oxygens (including phenoxy) is 2. The molecule has 2 heterocycles. The maximum absolute atomic E-state index is 5.55. The van der Waals surface area contributed by atoms with Crippen molar-refractivity contribution in [1.29, 1.82) is 0 Å². The molecule has 0 unspecified atom stereocenters. The second-order valence-electron chi connectivity index (χ2n) is 4.26. The van der Waals surface area contributed by atoms with Crippen molar-refractivity contribution in [3.63, 3.8) is 0 Å². The summed E-state index contributed by atoms with van der Waals surface area (Å²) in [5.41, 5.74) is 1.01. The van der Waals surface area contributed by atoms with Gasteiger partial charge >= 0.3 is 0 Å². The third-order valence-electron chi connectivity index (χ3n) is 2.93. The fourth-order valence-electron chi connectivity index (χ4n) is 1.97. The van der Waals surface area contributed by atoms with Crippen molar-refractivity contribution in [3.8, 4) is 0 Å². The summed E-state index contributed by atoms with van der Waals surface area (Å²) in [5, 5.41) is 0. The second kappa shape index (κ2) is 5.93. The molecule has 0 saturated carbocycles. The van der Waals surface area contributed by atoms with Crippen LogP contribution in [0.2, 0.25) is 0 Å². The zero-order chi connectivity index (χ0) is 12.1. The Balaban J connectivity index is 1.86. The third-order valence-corrected chi connectivity index (χ3v) is 2.93. The molecule has 1 aromatic rings. The van der Waals surface area contributed by atoms with Crippen LogP contribution >= 0.6 is 0 Å². The summed E-state index contributed by atoms with van der Waals surface area (Å²) in [4.78, 5) is 10.9. The first kappa shape index (κ1) is 12.3. The molecule has 0 bridgehead atoms. The number of anilines is 1. The first-order valence-electron chi connectivity index (χ1n) is 5.94. The van der Waals surface area contributed by atoms with E-state index in [-0.39, 0.29) is 0 Å². The van der Waals surface area contributed by atoms with Gasteiger partial charge < -0.3 is 14.4 Å². The van der Waals surface area contributed by atoms with Crippen LogP contribution in [0.3, 0.4) is 0 Å². The van der Waals surface area contributed by atoms with Crippen molar-refractivity contribution in [2.45, 2.75) is 25.9 Å². The van der Waals surface area contributed by atoms with Crippen LogP contribution in [0.1, 0.15) is 18.5 Å². The molecule has 94 valence electrons. The standard InChI is InChI=1S/C12H19N3O2/c1-10-3-6-13-12(14-10)15-7-4-11(5-8-15)17-9-16-2/h3,6,11H,4-5,7-9H2,1-2H3. The molecule has 1 saturated heterocycles. The van der Waals surface area contributed by atoms with Crippen molar-refractivity contribution in [2.75, 3.05) is 31.9 Å². The minimum Gasteiger partial charge on any atom is -0.359 e. The number of methoxy groups -OCH3 is 1. The lowest BCUT2D eigenvalue weighted by Crippen LogP contribution is -2.38. The second-order valence-corrected chi connectivity index (χ2v) is 4.26. The fraction of sp³-hybridized carbons (Fsp3) is 0.667. The number of hydrogen-bond acceptors (Lipinski definition) is 5. The lowest BCUT2D eigenvalue weighted by Gasteiger charge is -2.31. The average molecular weight is 237 g/mol. The van der Waals surface area contributed by atoms with E-state index in [1.54, 1.807) is 7.11 Å². The molecular formula is C12H19N3O2. The topological polar surface area (TPSA) is 47.5 Å². The lowest BCUT2D eigenvalue weighted by atomic mass is 10.1. The Kier molecular flexibility index (Phi) is 4.28. The average Bonchev–Trinajstić information content (AvgIpc) is 2.37. The predicted octanol–water partition coefficient (Wildman–Crippen LogP) is 1.37. The van der Waals surface area contributed by atoms with Crippen LogP contribution in [0.4, 0.5) is 5.95 Å². The molecule has 5 nitrogen and oxygen atoms in total. The van der Waals surface area contributed by atoms with Crippen molar-refractivity contribution >= 4 is 5.95 Å². The zero-order valence-electron chi connectivity index (χ0n) is 10.4. The van der Waals surface area contributed by atoms with E-state index >= 15 is 0 Å². The summed E-state index contributed by atoms with van der Waals surface area (Å²) in [6.07, 6.45) is 4.11. The van der Waals surface area contributed by atoms with Gasteiger partial charge in [0.15, 0.2) is 0 Å². The molecule has 0 N–H and O–H groups in total. The SMILES string of the molecule is COCOC1CCN(c2nccc(C)n2)CC1. The Hall–Kier alpha value is -1.20. The normalized spacial score (nSPS) is 17.4. The van der Waals surface area contributed by atoms with Crippen LogP contribution in [-0.4, -0.2) is 43.1 Å². The van der Waals surface area contributed by atoms with Gasteiger partial charge in [-0.25, -0.2) is 9.97 Å². The molecule has 1 fully saturated rings. The van der Waals surface area contributed by atoms with Crippen LogP contribution in [0.25, 0.3) is 0 Å². The largest absolute Gasteiger partial charge is 0.359 e. The molecule has 1 aliphatic rings. The number of nitrogens with zero attached hydrogens (tertiary/aromatic N) is 3. The minimum absolute atomic E-state index is 0.302. The smallest absolute Gasteiger partial charge is 0.225 e. The van der Waals surface area contributed by atoms with Gasteiger partial charge in [0.05, 0.1) is 6.10 Å². The summed E-state index contributed by atoms with van der Waals surface area (Å²) in [5.74, 6) is 0.829. The van der Waals surface area contributed by atoms with Crippen molar-refractivity contribution in [2.24, 2.45) is 0 Å².